The van der Waals surface area contributed by atoms with Crippen LogP contribution in [0.2, 0.25) is 0 Å². The van der Waals surface area contributed by atoms with Crippen molar-refractivity contribution in [1.29, 1.82) is 0 Å². The van der Waals surface area contributed by atoms with Crippen LogP contribution in [-0.4, -0.2) is 21.9 Å². The van der Waals surface area contributed by atoms with Crippen LogP contribution in [0.3, 0.4) is 0 Å². The van der Waals surface area contributed by atoms with Crippen LogP contribution in [0.25, 0.3) is 67.1 Å². The van der Waals surface area contributed by atoms with E-state index in [0.717, 1.165) is 81.9 Å². The molecule has 0 saturated carbocycles. The molecule has 10 rings (SSSR count). The van der Waals surface area contributed by atoms with Crippen molar-refractivity contribution in [2.45, 2.75) is 45.4 Å². The van der Waals surface area contributed by atoms with Gasteiger partial charge in [0.15, 0.2) is 5.82 Å². The molecule has 3 aliphatic rings. The summed E-state index contributed by atoms with van der Waals surface area (Å²) in [5.41, 5.74) is 16.7. The van der Waals surface area contributed by atoms with Gasteiger partial charge in [-0.1, -0.05) is 147 Å². The molecule has 0 radical (unpaired) electrons. The van der Waals surface area contributed by atoms with E-state index in [0.29, 0.717) is 17.7 Å². The molecule has 4 nitrogen and oxygen atoms in total. The Morgan fingerprint density at radius 1 is 0.517 bits per heavy atom. The van der Waals surface area contributed by atoms with Crippen LogP contribution < -0.4 is 0 Å². The maximum Gasteiger partial charge on any atom is 0.160 e. The monoisotopic (exact) mass is 748 g/mol. The minimum Gasteiger partial charge on any atom is -0.261 e. The molecule has 4 heteroatoms. The number of hydrogen-bond donors (Lipinski definition) is 0. The van der Waals surface area contributed by atoms with E-state index >= 15 is 0 Å². The van der Waals surface area contributed by atoms with Gasteiger partial charge in [0.1, 0.15) is 0 Å². The van der Waals surface area contributed by atoms with Crippen LogP contribution in [0.5, 0.6) is 0 Å². The van der Waals surface area contributed by atoms with Crippen molar-refractivity contribution in [1.82, 2.24) is 9.97 Å². The van der Waals surface area contributed by atoms with Crippen LogP contribution in [-0.2, 0) is 0 Å². The Balaban J connectivity index is 1.15. The highest BCUT2D eigenvalue weighted by Crippen LogP contribution is 2.41. The van der Waals surface area contributed by atoms with Crippen LogP contribution in [0.4, 0.5) is 0 Å². The summed E-state index contributed by atoms with van der Waals surface area (Å²) >= 11 is 0. The fourth-order valence-electron chi connectivity index (χ4n) is 8.72. The van der Waals surface area contributed by atoms with Gasteiger partial charge in [-0.3, -0.25) is 9.98 Å². The summed E-state index contributed by atoms with van der Waals surface area (Å²) in [4.78, 5) is 20.2. The van der Waals surface area contributed by atoms with Gasteiger partial charge in [0, 0.05) is 35.0 Å². The average Bonchev–Trinajstić information content (AvgIpc) is 3.29. The lowest BCUT2D eigenvalue weighted by atomic mass is 9.80. The molecule has 0 saturated heterocycles. The quantitative estimate of drug-likeness (QED) is 0.163. The van der Waals surface area contributed by atoms with E-state index in [-0.39, 0.29) is 0 Å². The first-order valence-corrected chi connectivity index (χ1v) is 20.6. The first-order valence-electron chi connectivity index (χ1n) is 20.6. The molecule has 0 fully saturated rings. The van der Waals surface area contributed by atoms with Gasteiger partial charge in [0.25, 0.3) is 0 Å². The Morgan fingerprint density at radius 2 is 1.19 bits per heavy atom. The standard InChI is InChI=1S/C54H44N4/c1-35-19-28-48(49-16-6-5-14-45(35)49)43-31-42(47-17-9-13-37-12-3-4-15-46(37)47)32-44(33-43)54-57-51(39-22-20-38(21-23-39)50-18-7-8-29-55-50)34-52(58-54)40-24-26-41(27-25-40)53-36(2)11-10-30-56-53/h3-6,9-10,12-18,20-36H,7-8,11,19H2,1-2H3. The largest absolute Gasteiger partial charge is 0.261 e. The molecule has 3 heterocycles. The van der Waals surface area contributed by atoms with Crippen molar-refractivity contribution in [3.8, 4) is 45.0 Å². The smallest absolute Gasteiger partial charge is 0.160 e. The van der Waals surface area contributed by atoms with Crippen molar-refractivity contribution >= 4 is 34.0 Å². The van der Waals surface area contributed by atoms with E-state index in [9.17, 15) is 0 Å². The lowest BCUT2D eigenvalue weighted by Gasteiger charge is -2.24. The highest BCUT2D eigenvalue weighted by Gasteiger charge is 2.22. The number of aliphatic imine (C=N–C) groups is 2. The van der Waals surface area contributed by atoms with Crippen LogP contribution in [0.15, 0.2) is 174 Å². The minimum absolute atomic E-state index is 0.379. The number of fused-ring (bicyclic) bond motifs is 2. The van der Waals surface area contributed by atoms with Gasteiger partial charge in [-0.05, 0) is 111 Å². The molecule has 58 heavy (non-hydrogen) atoms. The first-order chi connectivity index (χ1) is 28.6. The fraction of sp³-hybridized carbons (Fsp3) is 0.148. The van der Waals surface area contributed by atoms with E-state index in [1.54, 1.807) is 0 Å². The molecule has 2 atom stereocenters. The van der Waals surface area contributed by atoms with Gasteiger partial charge >= 0.3 is 0 Å². The summed E-state index contributed by atoms with van der Waals surface area (Å²) in [5, 5.41) is 2.44. The molecule has 0 N–H and O–H groups in total. The third-order valence-corrected chi connectivity index (χ3v) is 11.9. The summed E-state index contributed by atoms with van der Waals surface area (Å²) in [7, 11) is 0. The highest BCUT2D eigenvalue weighted by atomic mass is 14.9. The van der Waals surface area contributed by atoms with E-state index < -0.39 is 0 Å². The Bertz CT molecular complexity index is 2850. The molecule has 280 valence electrons. The van der Waals surface area contributed by atoms with Gasteiger partial charge in [0.2, 0.25) is 0 Å². The molecule has 2 unspecified atom stereocenters. The van der Waals surface area contributed by atoms with E-state index in [1.807, 2.05) is 12.4 Å². The normalized spacial score (nSPS) is 17.4. The van der Waals surface area contributed by atoms with Gasteiger partial charge in [-0.2, -0.15) is 0 Å². The molecular formula is C54H44N4. The average molecular weight is 749 g/mol. The summed E-state index contributed by atoms with van der Waals surface area (Å²) in [5.74, 6) is 1.54. The maximum atomic E-state index is 5.39. The minimum atomic E-state index is 0.379. The van der Waals surface area contributed by atoms with Crippen molar-refractivity contribution in [3.05, 3.63) is 192 Å². The predicted molar refractivity (Wildman–Crippen MR) is 243 cm³/mol. The molecule has 1 aliphatic carbocycles. The SMILES string of the molecule is CC1CC=CN=C1c1ccc(-c2cc(-c3ccc(C4=CCCC=N4)cc3)nc(-c3cc(C4=CCC(C)c5ccccc54)cc(-c4cccc5ccccc45)c3)n2)cc1. The zero-order valence-electron chi connectivity index (χ0n) is 32.9. The lowest BCUT2D eigenvalue weighted by molar-refractivity contribution is 0.768. The van der Waals surface area contributed by atoms with Gasteiger partial charge < -0.3 is 0 Å². The summed E-state index contributed by atoms with van der Waals surface area (Å²) in [6.07, 6.45) is 14.7. The third kappa shape index (κ3) is 6.85. The molecule has 6 aromatic carbocycles. The summed E-state index contributed by atoms with van der Waals surface area (Å²) in [6, 6.07) is 50.6. The van der Waals surface area contributed by atoms with Crippen molar-refractivity contribution in [3.63, 3.8) is 0 Å². The molecule has 2 aliphatic heterocycles. The van der Waals surface area contributed by atoms with Crippen LogP contribution in [0.1, 0.15) is 73.3 Å². The number of nitrogens with zero attached hydrogens (tertiary/aromatic N) is 4. The van der Waals surface area contributed by atoms with Crippen LogP contribution in [0, 0.1) is 5.92 Å². The first kappa shape index (κ1) is 35.6. The molecule has 0 amide bonds. The second-order valence-electron chi connectivity index (χ2n) is 15.8. The zero-order chi connectivity index (χ0) is 39.0. The molecule has 7 aromatic rings. The second kappa shape index (κ2) is 15.3. The van der Waals surface area contributed by atoms with Crippen molar-refractivity contribution in [2.24, 2.45) is 15.9 Å². The number of aromatic nitrogens is 2. The summed E-state index contributed by atoms with van der Waals surface area (Å²) < 4.78 is 0. The van der Waals surface area contributed by atoms with E-state index in [1.165, 1.54) is 38.6 Å². The molecule has 1 aromatic heterocycles. The van der Waals surface area contributed by atoms with E-state index in [4.69, 9.17) is 15.0 Å². The van der Waals surface area contributed by atoms with Gasteiger partial charge in [-0.25, -0.2) is 9.97 Å². The lowest BCUT2D eigenvalue weighted by Crippen LogP contribution is -2.13. The predicted octanol–water partition coefficient (Wildman–Crippen LogP) is 13.8. The number of hydrogen-bond acceptors (Lipinski definition) is 4. The van der Waals surface area contributed by atoms with Crippen LogP contribution >= 0.6 is 0 Å². The molecular weight excluding hydrogens is 705 g/mol. The Morgan fingerprint density at radius 3 is 1.97 bits per heavy atom. The maximum absolute atomic E-state index is 5.39. The number of allylic oxidation sites excluding steroid dienone is 3. The van der Waals surface area contributed by atoms with E-state index in [2.05, 4.69) is 177 Å². The second-order valence-corrected chi connectivity index (χ2v) is 15.8. The third-order valence-electron chi connectivity index (χ3n) is 11.9. The zero-order valence-corrected chi connectivity index (χ0v) is 32.9. The number of benzene rings is 6. The fourth-order valence-corrected chi connectivity index (χ4v) is 8.72. The van der Waals surface area contributed by atoms with Crippen molar-refractivity contribution in [2.75, 3.05) is 0 Å². The summed E-state index contributed by atoms with van der Waals surface area (Å²) in [6.45, 7) is 4.56. The topological polar surface area (TPSA) is 50.5 Å². The van der Waals surface area contributed by atoms with Crippen molar-refractivity contribution < 1.29 is 0 Å². The van der Waals surface area contributed by atoms with Gasteiger partial charge in [0.05, 0.1) is 22.8 Å². The Labute approximate surface area is 340 Å². The highest BCUT2D eigenvalue weighted by molar-refractivity contribution is 6.03. The Hall–Kier alpha value is -6.78. The molecule has 0 bridgehead atoms. The van der Waals surface area contributed by atoms with Gasteiger partial charge in [-0.15, -0.1) is 0 Å². The number of rotatable bonds is 7. The Kier molecular flexibility index (Phi) is 9.39. The molecule has 0 spiro atoms.